The second-order valence-corrected chi connectivity index (χ2v) is 3.69. The standard InChI is InChI=1S/C12H11FN4/c1-8(15)12-9(13)3-2-4-10(12)17-6-5-16-11(17)7-14/h2-6,8H,15H2,1H3. The van der Waals surface area contributed by atoms with E-state index in [1.165, 1.54) is 16.8 Å². The summed E-state index contributed by atoms with van der Waals surface area (Å²) in [7, 11) is 0. The summed E-state index contributed by atoms with van der Waals surface area (Å²) in [4.78, 5) is 3.88. The summed E-state index contributed by atoms with van der Waals surface area (Å²) in [5, 5.41) is 8.91. The van der Waals surface area contributed by atoms with Gasteiger partial charge in [-0.1, -0.05) is 6.07 Å². The predicted octanol–water partition coefficient (Wildman–Crippen LogP) is 1.90. The van der Waals surface area contributed by atoms with E-state index in [4.69, 9.17) is 11.0 Å². The minimum atomic E-state index is -0.458. The van der Waals surface area contributed by atoms with Gasteiger partial charge in [0.25, 0.3) is 0 Å². The van der Waals surface area contributed by atoms with Gasteiger partial charge in [-0.25, -0.2) is 9.37 Å². The van der Waals surface area contributed by atoms with Gasteiger partial charge in [0.15, 0.2) is 0 Å². The van der Waals surface area contributed by atoms with E-state index in [-0.39, 0.29) is 11.6 Å². The fourth-order valence-corrected chi connectivity index (χ4v) is 1.77. The van der Waals surface area contributed by atoms with Crippen LogP contribution in [0.25, 0.3) is 5.69 Å². The molecular weight excluding hydrogens is 219 g/mol. The van der Waals surface area contributed by atoms with Gasteiger partial charge in [-0.15, -0.1) is 0 Å². The zero-order chi connectivity index (χ0) is 12.4. The molecule has 4 nitrogen and oxygen atoms in total. The van der Waals surface area contributed by atoms with Crippen LogP contribution in [-0.4, -0.2) is 9.55 Å². The number of imidazole rings is 1. The summed E-state index contributed by atoms with van der Waals surface area (Å²) in [6, 6.07) is 6.14. The summed E-state index contributed by atoms with van der Waals surface area (Å²) in [6.07, 6.45) is 3.10. The Balaban J connectivity index is 2.68. The second-order valence-electron chi connectivity index (χ2n) is 3.69. The van der Waals surface area contributed by atoms with Crippen molar-refractivity contribution in [3.8, 4) is 11.8 Å². The molecule has 17 heavy (non-hydrogen) atoms. The molecule has 0 aliphatic carbocycles. The van der Waals surface area contributed by atoms with Crippen LogP contribution >= 0.6 is 0 Å². The largest absolute Gasteiger partial charge is 0.324 e. The van der Waals surface area contributed by atoms with Gasteiger partial charge in [-0.3, -0.25) is 4.57 Å². The molecule has 0 aliphatic heterocycles. The highest BCUT2D eigenvalue weighted by atomic mass is 19.1. The first-order valence-corrected chi connectivity index (χ1v) is 5.13. The number of nitrogens with two attached hydrogens (primary N) is 1. The molecule has 0 amide bonds. The van der Waals surface area contributed by atoms with Crippen molar-refractivity contribution in [3.05, 3.63) is 47.8 Å². The lowest BCUT2D eigenvalue weighted by molar-refractivity contribution is 0.591. The minimum absolute atomic E-state index is 0.206. The monoisotopic (exact) mass is 230 g/mol. The third kappa shape index (κ3) is 1.90. The Morgan fingerprint density at radius 3 is 2.94 bits per heavy atom. The van der Waals surface area contributed by atoms with Crippen molar-refractivity contribution < 1.29 is 4.39 Å². The van der Waals surface area contributed by atoms with E-state index in [9.17, 15) is 4.39 Å². The maximum Gasteiger partial charge on any atom is 0.217 e. The molecule has 0 saturated carbocycles. The molecule has 2 rings (SSSR count). The summed E-state index contributed by atoms with van der Waals surface area (Å²) in [6.45, 7) is 1.70. The third-order valence-electron chi connectivity index (χ3n) is 2.49. The number of benzene rings is 1. The van der Waals surface area contributed by atoms with E-state index in [0.717, 1.165) is 0 Å². The Morgan fingerprint density at radius 2 is 2.29 bits per heavy atom. The van der Waals surface area contributed by atoms with Crippen LogP contribution in [-0.2, 0) is 0 Å². The van der Waals surface area contributed by atoms with Crippen LogP contribution < -0.4 is 5.73 Å². The summed E-state index contributed by atoms with van der Waals surface area (Å²) in [5.41, 5.74) is 6.68. The third-order valence-corrected chi connectivity index (χ3v) is 2.49. The van der Waals surface area contributed by atoms with Gasteiger partial charge in [0, 0.05) is 24.0 Å². The highest BCUT2D eigenvalue weighted by Crippen LogP contribution is 2.24. The maximum atomic E-state index is 13.7. The number of aromatic nitrogens is 2. The number of halogens is 1. The summed E-state index contributed by atoms with van der Waals surface area (Å²) in [5.74, 6) is -0.174. The number of rotatable bonds is 2. The SMILES string of the molecule is CC(N)c1c(F)cccc1-n1ccnc1C#N. The van der Waals surface area contributed by atoms with Gasteiger partial charge in [-0.05, 0) is 19.1 Å². The lowest BCUT2D eigenvalue weighted by Crippen LogP contribution is -2.12. The molecule has 1 unspecified atom stereocenters. The van der Waals surface area contributed by atoms with Gasteiger partial charge in [0.05, 0.1) is 5.69 Å². The Kier molecular flexibility index (Phi) is 2.90. The summed E-state index contributed by atoms with van der Waals surface area (Å²) >= 11 is 0. The molecule has 0 aliphatic rings. The highest BCUT2D eigenvalue weighted by molar-refractivity contribution is 5.45. The van der Waals surface area contributed by atoms with Crippen molar-refractivity contribution >= 4 is 0 Å². The topological polar surface area (TPSA) is 67.6 Å². The minimum Gasteiger partial charge on any atom is -0.324 e. The first kappa shape index (κ1) is 11.3. The van der Waals surface area contributed by atoms with Crippen molar-refractivity contribution in [1.82, 2.24) is 9.55 Å². The van der Waals surface area contributed by atoms with Crippen LogP contribution in [0.5, 0.6) is 0 Å². The maximum absolute atomic E-state index is 13.7. The molecular formula is C12H11FN4. The van der Waals surface area contributed by atoms with E-state index < -0.39 is 6.04 Å². The number of hydrogen-bond donors (Lipinski definition) is 1. The van der Waals surface area contributed by atoms with Crippen LogP contribution in [0.2, 0.25) is 0 Å². The number of nitriles is 1. The van der Waals surface area contributed by atoms with Crippen molar-refractivity contribution in [3.63, 3.8) is 0 Å². The lowest BCUT2D eigenvalue weighted by Gasteiger charge is -2.14. The Bertz CT molecular complexity index is 580. The Hall–Kier alpha value is -2.19. The van der Waals surface area contributed by atoms with Gasteiger partial charge in [0.1, 0.15) is 11.9 Å². The molecule has 5 heteroatoms. The van der Waals surface area contributed by atoms with Crippen LogP contribution in [0.15, 0.2) is 30.6 Å². The van der Waals surface area contributed by atoms with Gasteiger partial charge < -0.3 is 5.73 Å². The van der Waals surface area contributed by atoms with E-state index in [1.807, 2.05) is 6.07 Å². The first-order valence-electron chi connectivity index (χ1n) is 5.13. The molecule has 0 spiro atoms. The summed E-state index contributed by atoms with van der Waals surface area (Å²) < 4.78 is 15.3. The molecule has 86 valence electrons. The van der Waals surface area contributed by atoms with E-state index in [0.29, 0.717) is 11.3 Å². The average molecular weight is 230 g/mol. The fourth-order valence-electron chi connectivity index (χ4n) is 1.77. The van der Waals surface area contributed by atoms with Gasteiger partial charge in [-0.2, -0.15) is 5.26 Å². The van der Waals surface area contributed by atoms with Gasteiger partial charge >= 0.3 is 0 Å². The molecule has 1 aromatic heterocycles. The van der Waals surface area contributed by atoms with Crippen LogP contribution in [0.3, 0.4) is 0 Å². The zero-order valence-electron chi connectivity index (χ0n) is 9.26. The average Bonchev–Trinajstić information content (AvgIpc) is 2.75. The molecule has 0 saturated heterocycles. The fraction of sp³-hybridized carbons (Fsp3) is 0.167. The quantitative estimate of drug-likeness (QED) is 0.856. The Morgan fingerprint density at radius 1 is 1.53 bits per heavy atom. The molecule has 2 N–H and O–H groups in total. The van der Waals surface area contributed by atoms with Crippen LogP contribution in [0.1, 0.15) is 24.4 Å². The van der Waals surface area contributed by atoms with E-state index in [2.05, 4.69) is 4.98 Å². The van der Waals surface area contributed by atoms with E-state index in [1.54, 1.807) is 25.3 Å². The Labute approximate surface area is 98.1 Å². The molecule has 1 aromatic carbocycles. The van der Waals surface area contributed by atoms with Gasteiger partial charge in [0.2, 0.25) is 5.82 Å². The van der Waals surface area contributed by atoms with Crippen molar-refractivity contribution in [2.45, 2.75) is 13.0 Å². The first-order chi connectivity index (χ1) is 8.15. The van der Waals surface area contributed by atoms with E-state index >= 15 is 0 Å². The second kappa shape index (κ2) is 4.36. The van der Waals surface area contributed by atoms with Crippen molar-refractivity contribution in [2.75, 3.05) is 0 Å². The van der Waals surface area contributed by atoms with Crippen molar-refractivity contribution in [1.29, 1.82) is 5.26 Å². The van der Waals surface area contributed by atoms with Crippen molar-refractivity contribution in [2.24, 2.45) is 5.73 Å². The number of hydrogen-bond acceptors (Lipinski definition) is 3. The van der Waals surface area contributed by atoms with Crippen LogP contribution in [0, 0.1) is 17.1 Å². The molecule has 0 bridgehead atoms. The van der Waals surface area contributed by atoms with Crippen LogP contribution in [0.4, 0.5) is 4.39 Å². The smallest absolute Gasteiger partial charge is 0.217 e. The molecule has 0 radical (unpaired) electrons. The molecule has 1 atom stereocenters. The zero-order valence-corrected chi connectivity index (χ0v) is 9.26. The predicted molar refractivity (Wildman–Crippen MR) is 60.8 cm³/mol. The molecule has 0 fully saturated rings. The molecule has 2 aromatic rings. The molecule has 1 heterocycles. The highest BCUT2D eigenvalue weighted by Gasteiger charge is 2.15. The number of nitrogens with zero attached hydrogens (tertiary/aromatic N) is 3. The normalized spacial score (nSPS) is 12.1. The lowest BCUT2D eigenvalue weighted by atomic mass is 10.1.